The summed E-state index contributed by atoms with van der Waals surface area (Å²) in [6.07, 6.45) is 4.90. The van der Waals surface area contributed by atoms with Crippen LogP contribution in [0.1, 0.15) is 38.1 Å². The number of fused-ring (bicyclic) bond motifs is 1. The van der Waals surface area contributed by atoms with Crippen LogP contribution in [0.25, 0.3) is 22.4 Å². The van der Waals surface area contributed by atoms with Crippen LogP contribution in [0.15, 0.2) is 66.7 Å². The largest absolute Gasteiger partial charge is 0.324 e. The van der Waals surface area contributed by atoms with Crippen molar-refractivity contribution >= 4 is 34.2 Å². The summed E-state index contributed by atoms with van der Waals surface area (Å²) in [5, 5.41) is 3.59. The zero-order chi connectivity index (χ0) is 23.7. The molecule has 1 atom stereocenters. The van der Waals surface area contributed by atoms with Crippen LogP contribution in [0, 0.1) is 17.6 Å². The number of carbonyl (C=O) groups is 1. The Balaban J connectivity index is 1.70. The monoisotopic (exact) mass is 479 g/mol. The van der Waals surface area contributed by atoms with Gasteiger partial charge >= 0.3 is 0 Å². The molecule has 7 heteroatoms. The van der Waals surface area contributed by atoms with E-state index in [1.807, 2.05) is 30.3 Å². The molecule has 1 aliphatic rings. The zero-order valence-electron chi connectivity index (χ0n) is 18.5. The van der Waals surface area contributed by atoms with Gasteiger partial charge in [0.25, 0.3) is 0 Å². The van der Waals surface area contributed by atoms with Crippen LogP contribution in [0.4, 0.5) is 14.5 Å². The summed E-state index contributed by atoms with van der Waals surface area (Å²) in [7, 11) is 0. The Labute approximate surface area is 201 Å². The molecule has 1 unspecified atom stereocenters. The number of rotatable bonds is 5. The van der Waals surface area contributed by atoms with Crippen molar-refractivity contribution in [3.63, 3.8) is 0 Å². The Morgan fingerprint density at radius 3 is 2.35 bits per heavy atom. The Kier molecular flexibility index (Phi) is 6.33. The molecule has 1 saturated carbocycles. The number of aromatic nitrogens is 2. The summed E-state index contributed by atoms with van der Waals surface area (Å²) >= 11 is 6.09. The number of para-hydroxylation sites is 1. The predicted molar refractivity (Wildman–Crippen MR) is 131 cm³/mol. The molecule has 0 aliphatic heterocycles. The van der Waals surface area contributed by atoms with E-state index < -0.39 is 17.7 Å². The molecule has 4 aromatic rings. The van der Waals surface area contributed by atoms with Crippen molar-refractivity contribution in [1.82, 2.24) is 9.55 Å². The second-order valence-corrected chi connectivity index (χ2v) is 9.20. The van der Waals surface area contributed by atoms with Crippen molar-refractivity contribution in [2.75, 3.05) is 5.32 Å². The average molecular weight is 480 g/mol. The van der Waals surface area contributed by atoms with Crippen molar-refractivity contribution in [2.24, 2.45) is 5.92 Å². The second kappa shape index (κ2) is 9.55. The van der Waals surface area contributed by atoms with E-state index >= 15 is 0 Å². The third-order valence-corrected chi connectivity index (χ3v) is 6.77. The maximum absolute atomic E-state index is 14.4. The lowest BCUT2D eigenvalue weighted by atomic mass is 9.83. The molecule has 5 rings (SSSR count). The molecule has 0 bridgehead atoms. The van der Waals surface area contributed by atoms with Gasteiger partial charge in [-0.05, 0) is 55.2 Å². The predicted octanol–water partition coefficient (Wildman–Crippen LogP) is 7.40. The van der Waals surface area contributed by atoms with Crippen molar-refractivity contribution in [2.45, 2.75) is 38.1 Å². The van der Waals surface area contributed by atoms with Gasteiger partial charge in [-0.25, -0.2) is 13.8 Å². The third kappa shape index (κ3) is 4.42. The van der Waals surface area contributed by atoms with Gasteiger partial charge in [0.2, 0.25) is 5.91 Å². The van der Waals surface area contributed by atoms with E-state index in [1.165, 1.54) is 0 Å². The fourth-order valence-corrected chi connectivity index (χ4v) is 5.03. The van der Waals surface area contributed by atoms with E-state index in [0.717, 1.165) is 49.8 Å². The number of imidazole rings is 1. The van der Waals surface area contributed by atoms with Crippen molar-refractivity contribution in [1.29, 1.82) is 0 Å². The average Bonchev–Trinajstić information content (AvgIpc) is 3.19. The molecule has 0 saturated heterocycles. The second-order valence-electron chi connectivity index (χ2n) is 8.77. The molecule has 1 fully saturated rings. The highest BCUT2D eigenvalue weighted by Crippen LogP contribution is 2.39. The molecule has 3 aromatic carbocycles. The Bertz CT molecular complexity index is 1320. The number of amides is 1. The molecule has 4 nitrogen and oxygen atoms in total. The minimum atomic E-state index is -0.970. The van der Waals surface area contributed by atoms with Gasteiger partial charge in [-0.15, -0.1) is 0 Å². The lowest BCUT2D eigenvalue weighted by Gasteiger charge is -2.32. The van der Waals surface area contributed by atoms with Crippen molar-refractivity contribution in [3.05, 3.63) is 83.4 Å². The van der Waals surface area contributed by atoms with Gasteiger partial charge in [-0.1, -0.05) is 49.1 Å². The van der Waals surface area contributed by atoms with E-state index in [0.29, 0.717) is 27.6 Å². The van der Waals surface area contributed by atoms with Crippen LogP contribution >= 0.6 is 11.6 Å². The van der Waals surface area contributed by atoms with E-state index in [2.05, 4.69) is 10.3 Å². The highest BCUT2D eigenvalue weighted by Gasteiger charge is 2.34. The Morgan fingerprint density at radius 1 is 0.971 bits per heavy atom. The van der Waals surface area contributed by atoms with Crippen molar-refractivity contribution in [3.8, 4) is 11.4 Å². The number of anilines is 1. The van der Waals surface area contributed by atoms with Crippen LogP contribution in [0.2, 0.25) is 5.02 Å². The number of nitrogens with one attached hydrogen (secondary N) is 1. The molecule has 174 valence electrons. The fraction of sp³-hybridized carbons (Fsp3) is 0.259. The van der Waals surface area contributed by atoms with Crippen LogP contribution in [-0.4, -0.2) is 15.5 Å². The van der Waals surface area contributed by atoms with E-state index in [9.17, 15) is 13.6 Å². The molecule has 1 amide bonds. The topological polar surface area (TPSA) is 46.9 Å². The first kappa shape index (κ1) is 22.5. The Morgan fingerprint density at radius 2 is 1.65 bits per heavy atom. The molecule has 1 N–H and O–H groups in total. The summed E-state index contributed by atoms with van der Waals surface area (Å²) < 4.78 is 30.3. The number of benzene rings is 3. The molecule has 0 radical (unpaired) electrons. The SMILES string of the molecule is O=C(Nc1ccccc1)C(C1CCCCC1)n1c(-c2ccc(Cl)cc2)nc2cc(F)c(F)cc21. The lowest BCUT2D eigenvalue weighted by molar-refractivity contribution is -0.121. The first-order valence-corrected chi connectivity index (χ1v) is 11.9. The van der Waals surface area contributed by atoms with Gasteiger partial charge in [-0.3, -0.25) is 4.79 Å². The van der Waals surface area contributed by atoms with Gasteiger partial charge in [0.1, 0.15) is 11.9 Å². The first-order valence-electron chi connectivity index (χ1n) is 11.5. The zero-order valence-corrected chi connectivity index (χ0v) is 19.2. The fourth-order valence-electron chi connectivity index (χ4n) is 4.90. The molecular weight excluding hydrogens is 456 g/mol. The summed E-state index contributed by atoms with van der Waals surface area (Å²) in [4.78, 5) is 18.4. The number of hydrogen-bond donors (Lipinski definition) is 1. The highest BCUT2D eigenvalue weighted by atomic mass is 35.5. The summed E-state index contributed by atoms with van der Waals surface area (Å²) in [6, 6.07) is 17.9. The minimum Gasteiger partial charge on any atom is -0.324 e. The van der Waals surface area contributed by atoms with Gasteiger partial charge in [0, 0.05) is 28.4 Å². The summed E-state index contributed by atoms with van der Waals surface area (Å²) in [6.45, 7) is 0. The van der Waals surface area contributed by atoms with Crippen molar-refractivity contribution < 1.29 is 13.6 Å². The molecule has 0 spiro atoms. The molecular formula is C27H24ClF2N3O. The first-order chi connectivity index (χ1) is 16.5. The smallest absolute Gasteiger partial charge is 0.247 e. The highest BCUT2D eigenvalue weighted by molar-refractivity contribution is 6.30. The standard InChI is InChI=1S/C27H24ClF2N3O/c28-19-13-11-18(12-14-19)26-32-23-15-21(29)22(30)16-24(23)33(26)25(17-7-3-1-4-8-17)27(34)31-20-9-5-2-6-10-20/h2,5-6,9-17,25H,1,3-4,7-8H2,(H,31,34). The van der Waals surface area contributed by atoms with Crippen LogP contribution in [0.3, 0.4) is 0 Å². The number of hydrogen-bond acceptors (Lipinski definition) is 2. The van der Waals surface area contributed by atoms with Gasteiger partial charge in [0.05, 0.1) is 11.0 Å². The van der Waals surface area contributed by atoms with Crippen LogP contribution < -0.4 is 5.32 Å². The maximum Gasteiger partial charge on any atom is 0.247 e. The summed E-state index contributed by atoms with van der Waals surface area (Å²) in [5.41, 5.74) is 2.09. The van der Waals surface area contributed by atoms with E-state index in [-0.39, 0.29) is 11.8 Å². The van der Waals surface area contributed by atoms with Crippen LogP contribution in [0.5, 0.6) is 0 Å². The number of carbonyl (C=O) groups excluding carboxylic acids is 1. The molecule has 1 aliphatic carbocycles. The molecule has 1 heterocycles. The minimum absolute atomic E-state index is 0.0361. The van der Waals surface area contributed by atoms with Gasteiger partial charge < -0.3 is 9.88 Å². The van der Waals surface area contributed by atoms with Crippen LogP contribution in [-0.2, 0) is 4.79 Å². The van der Waals surface area contributed by atoms with E-state index in [1.54, 1.807) is 28.8 Å². The van der Waals surface area contributed by atoms with E-state index in [4.69, 9.17) is 11.6 Å². The third-order valence-electron chi connectivity index (χ3n) is 6.52. The Hall–Kier alpha value is -3.25. The maximum atomic E-state index is 14.4. The quantitative estimate of drug-likeness (QED) is 0.324. The van der Waals surface area contributed by atoms with Gasteiger partial charge in [0.15, 0.2) is 11.6 Å². The molecule has 34 heavy (non-hydrogen) atoms. The summed E-state index contributed by atoms with van der Waals surface area (Å²) in [5.74, 6) is -1.62. The van der Waals surface area contributed by atoms with Gasteiger partial charge in [-0.2, -0.15) is 0 Å². The number of halogens is 3. The molecule has 1 aromatic heterocycles. The number of nitrogens with zero attached hydrogens (tertiary/aromatic N) is 2. The normalized spacial score (nSPS) is 15.4. The lowest BCUT2D eigenvalue weighted by Crippen LogP contribution is -2.33.